The van der Waals surface area contributed by atoms with Gasteiger partial charge in [0, 0.05) is 6.42 Å². The molecule has 0 aromatic carbocycles. The Morgan fingerprint density at radius 1 is 0.484 bits per heavy atom. The molecule has 0 rings (SSSR count). The number of carbonyl (C=O) groups excluding carboxylic acids is 2. The van der Waals surface area contributed by atoms with Gasteiger partial charge in [-0.25, -0.2) is 0 Å². The predicted octanol–water partition coefficient (Wildman–Crippen LogP) is 16.0. The van der Waals surface area contributed by atoms with Gasteiger partial charge in [0.05, 0.1) is 25.2 Å². The van der Waals surface area contributed by atoms with Crippen LogP contribution in [0.4, 0.5) is 0 Å². The lowest BCUT2D eigenvalue weighted by Crippen LogP contribution is -2.46. The molecule has 0 aromatic heterocycles. The first kappa shape index (κ1) is 59.6. The zero-order valence-corrected chi connectivity index (χ0v) is 41.0. The molecule has 62 heavy (non-hydrogen) atoms. The van der Waals surface area contributed by atoms with Gasteiger partial charge >= 0.3 is 5.97 Å². The van der Waals surface area contributed by atoms with Crippen molar-refractivity contribution in [3.63, 3.8) is 0 Å². The van der Waals surface area contributed by atoms with Crippen LogP contribution in [0.1, 0.15) is 258 Å². The fourth-order valence-corrected chi connectivity index (χ4v) is 7.78. The summed E-state index contributed by atoms with van der Waals surface area (Å²) in [7, 11) is 0. The third kappa shape index (κ3) is 44.2. The summed E-state index contributed by atoms with van der Waals surface area (Å²) in [4.78, 5) is 26.1. The van der Waals surface area contributed by atoms with Gasteiger partial charge in [0.15, 0.2) is 0 Å². The smallest absolute Gasteiger partial charge is 0.306 e. The van der Waals surface area contributed by atoms with Crippen molar-refractivity contribution in [3.05, 3.63) is 60.8 Å². The van der Waals surface area contributed by atoms with E-state index in [0.717, 1.165) is 83.5 Å². The second-order valence-corrected chi connectivity index (χ2v) is 17.9. The Balaban J connectivity index is 4.70. The molecule has 360 valence electrons. The second kappa shape index (κ2) is 49.6. The van der Waals surface area contributed by atoms with Crippen molar-refractivity contribution in [2.75, 3.05) is 6.61 Å². The van der Waals surface area contributed by atoms with Crippen LogP contribution in [0.2, 0.25) is 0 Å². The average molecular weight is 868 g/mol. The zero-order chi connectivity index (χ0) is 45.2. The van der Waals surface area contributed by atoms with Gasteiger partial charge in [-0.15, -0.1) is 0 Å². The van der Waals surface area contributed by atoms with Gasteiger partial charge in [0.2, 0.25) is 5.91 Å². The van der Waals surface area contributed by atoms with Crippen LogP contribution in [0.25, 0.3) is 0 Å². The van der Waals surface area contributed by atoms with E-state index in [1.807, 2.05) is 0 Å². The van der Waals surface area contributed by atoms with Crippen molar-refractivity contribution in [1.29, 1.82) is 0 Å². The van der Waals surface area contributed by atoms with Crippen LogP contribution in [0, 0.1) is 0 Å². The van der Waals surface area contributed by atoms with Crippen LogP contribution in [-0.4, -0.2) is 46.9 Å². The highest BCUT2D eigenvalue weighted by Gasteiger charge is 2.24. The summed E-state index contributed by atoms with van der Waals surface area (Å²) in [6.45, 7) is 6.43. The number of allylic oxidation sites excluding steroid dienone is 10. The van der Waals surface area contributed by atoms with E-state index in [0.29, 0.717) is 19.3 Å². The van der Waals surface area contributed by atoms with E-state index in [9.17, 15) is 19.8 Å². The summed E-state index contributed by atoms with van der Waals surface area (Å²) in [5.41, 5.74) is 0. The number of aliphatic hydroxyl groups is 2. The molecule has 3 unspecified atom stereocenters. The first-order valence-corrected chi connectivity index (χ1v) is 26.5. The van der Waals surface area contributed by atoms with Crippen molar-refractivity contribution in [3.8, 4) is 0 Å². The molecule has 0 aliphatic rings. The lowest BCUT2D eigenvalue weighted by atomic mass is 10.0. The Morgan fingerprint density at radius 3 is 1.39 bits per heavy atom. The van der Waals surface area contributed by atoms with Crippen LogP contribution < -0.4 is 5.32 Å². The molecule has 1 amide bonds. The molecule has 6 heteroatoms. The third-order valence-corrected chi connectivity index (χ3v) is 11.8. The molecule has 3 N–H and O–H groups in total. The van der Waals surface area contributed by atoms with Crippen molar-refractivity contribution >= 4 is 11.9 Å². The monoisotopic (exact) mass is 868 g/mol. The summed E-state index contributed by atoms with van der Waals surface area (Å²) in [5, 5.41) is 23.8. The van der Waals surface area contributed by atoms with E-state index in [-0.39, 0.29) is 24.9 Å². The van der Waals surface area contributed by atoms with E-state index in [4.69, 9.17) is 4.74 Å². The number of rotatable bonds is 47. The van der Waals surface area contributed by atoms with Crippen LogP contribution in [0.5, 0.6) is 0 Å². The molecule has 0 fully saturated rings. The van der Waals surface area contributed by atoms with Gasteiger partial charge in [-0.1, -0.05) is 216 Å². The first-order chi connectivity index (χ1) is 30.5. The molecule has 0 spiro atoms. The Bertz CT molecular complexity index is 1110. The average Bonchev–Trinajstić information content (AvgIpc) is 3.26. The standard InChI is InChI=1S/C56H101NO5/c1-4-7-10-13-16-19-22-25-27-29-31-34-37-40-43-46-49-56(61)62-52(47-44-41-38-35-32-30-28-26-23-20-17-14-11-8-5-2)50-55(60)57-53(51-58)54(59)48-45-42-39-36-33-24-21-18-15-12-9-6-3/h17,20,26-29,31-32,34-35,52-54,58-59H,4-16,18-19,21-25,30,33,36-51H2,1-3H3,(H,57,60)/b20-17-,28-26-,29-27+,34-31+,35-32-. The SMILES string of the molecule is CCCCC/C=C\C/C=C\C/C=C\CCCCC(CC(=O)NC(CO)C(O)CCCCCCCCCCCCCC)OC(=O)CCCCC/C=C/C=C/CCCCCCCCC. The number of unbranched alkanes of at least 4 members (excludes halogenated alkanes) is 26. The molecule has 0 saturated carbocycles. The fourth-order valence-electron chi connectivity index (χ4n) is 7.78. The lowest BCUT2D eigenvalue weighted by Gasteiger charge is -2.24. The molecule has 3 atom stereocenters. The van der Waals surface area contributed by atoms with Crippen LogP contribution in [0.3, 0.4) is 0 Å². The second-order valence-electron chi connectivity index (χ2n) is 17.9. The third-order valence-electron chi connectivity index (χ3n) is 11.8. The first-order valence-electron chi connectivity index (χ1n) is 26.5. The number of hydrogen-bond donors (Lipinski definition) is 3. The molecule has 0 aromatic rings. The van der Waals surface area contributed by atoms with Gasteiger partial charge < -0.3 is 20.3 Å². The molecule has 0 bridgehead atoms. The number of hydrogen-bond acceptors (Lipinski definition) is 5. The highest BCUT2D eigenvalue weighted by molar-refractivity contribution is 5.77. The minimum atomic E-state index is -0.803. The zero-order valence-electron chi connectivity index (χ0n) is 41.0. The quantitative estimate of drug-likeness (QED) is 0.0245. The number of aliphatic hydroxyl groups excluding tert-OH is 2. The molecular formula is C56H101NO5. The van der Waals surface area contributed by atoms with Crippen molar-refractivity contribution in [2.24, 2.45) is 0 Å². The number of ether oxygens (including phenoxy) is 1. The maximum atomic E-state index is 13.2. The summed E-state index contributed by atoms with van der Waals surface area (Å²) in [5.74, 6) is -0.541. The van der Waals surface area contributed by atoms with Crippen molar-refractivity contribution < 1.29 is 24.5 Å². The van der Waals surface area contributed by atoms with Crippen LogP contribution >= 0.6 is 0 Å². The van der Waals surface area contributed by atoms with Gasteiger partial charge in [-0.05, 0) is 89.9 Å². The molecule has 0 heterocycles. The van der Waals surface area contributed by atoms with Gasteiger partial charge in [-0.3, -0.25) is 9.59 Å². The number of amides is 1. The lowest BCUT2D eigenvalue weighted by molar-refractivity contribution is -0.151. The summed E-state index contributed by atoms with van der Waals surface area (Å²) >= 11 is 0. The van der Waals surface area contributed by atoms with E-state index < -0.39 is 18.2 Å². The topological polar surface area (TPSA) is 95.9 Å². The van der Waals surface area contributed by atoms with E-state index in [2.05, 4.69) is 86.8 Å². The minimum Gasteiger partial charge on any atom is -0.462 e. The Hall–Kier alpha value is -2.44. The minimum absolute atomic E-state index is 0.0402. The fraction of sp³-hybridized carbons (Fsp3) is 0.786. The predicted molar refractivity (Wildman–Crippen MR) is 268 cm³/mol. The Labute approximate surface area is 384 Å². The maximum absolute atomic E-state index is 13.2. The Morgan fingerprint density at radius 2 is 0.871 bits per heavy atom. The molecule has 0 aliphatic carbocycles. The highest BCUT2D eigenvalue weighted by Crippen LogP contribution is 2.17. The van der Waals surface area contributed by atoms with Crippen molar-refractivity contribution in [1.82, 2.24) is 5.32 Å². The number of esters is 1. The summed E-state index contributed by atoms with van der Waals surface area (Å²) < 4.78 is 5.91. The molecule has 6 nitrogen and oxygen atoms in total. The van der Waals surface area contributed by atoms with E-state index in [1.165, 1.54) is 128 Å². The summed E-state index contributed by atoms with van der Waals surface area (Å²) in [6, 6.07) is -0.720. The summed E-state index contributed by atoms with van der Waals surface area (Å²) in [6.07, 6.45) is 61.4. The maximum Gasteiger partial charge on any atom is 0.306 e. The van der Waals surface area contributed by atoms with E-state index in [1.54, 1.807) is 0 Å². The molecular weight excluding hydrogens is 767 g/mol. The van der Waals surface area contributed by atoms with Crippen LogP contribution in [-0.2, 0) is 14.3 Å². The highest BCUT2D eigenvalue weighted by atomic mass is 16.5. The Kier molecular flexibility index (Phi) is 47.6. The largest absolute Gasteiger partial charge is 0.462 e. The van der Waals surface area contributed by atoms with Gasteiger partial charge in [0.25, 0.3) is 0 Å². The van der Waals surface area contributed by atoms with Crippen LogP contribution in [0.15, 0.2) is 60.8 Å². The number of carbonyl (C=O) groups is 2. The molecule has 0 radical (unpaired) electrons. The van der Waals surface area contributed by atoms with Gasteiger partial charge in [0.1, 0.15) is 6.10 Å². The molecule has 0 aliphatic heterocycles. The number of nitrogens with one attached hydrogen (secondary N) is 1. The van der Waals surface area contributed by atoms with Crippen molar-refractivity contribution in [2.45, 2.75) is 277 Å². The normalized spacial score (nSPS) is 13.7. The van der Waals surface area contributed by atoms with Gasteiger partial charge in [-0.2, -0.15) is 0 Å². The molecule has 0 saturated heterocycles. The van der Waals surface area contributed by atoms with E-state index >= 15 is 0 Å².